The highest BCUT2D eigenvalue weighted by molar-refractivity contribution is 6.38. The van der Waals surface area contributed by atoms with Gasteiger partial charge in [0.1, 0.15) is 5.82 Å². The Morgan fingerprint density at radius 2 is 1.76 bits per heavy atom. The molecular formula is C28H27ClFN5O2. The lowest BCUT2D eigenvalue weighted by atomic mass is 10.00. The zero-order valence-corrected chi connectivity index (χ0v) is 21.1. The summed E-state index contributed by atoms with van der Waals surface area (Å²) in [4.78, 5) is 29.8. The summed E-state index contributed by atoms with van der Waals surface area (Å²) in [7, 11) is 2.05. The molecule has 0 spiro atoms. The standard InChI is InChI=1S/C28H27ClFN5O2/c1-34-11-13-35(14-12-34)17-25(36)32-23-10-8-20(16-22(23)30)31-27(18-5-3-2-4-6-18)26-21-9-7-19(29)15-24(21)33-28(26)37/h2-10,15-16,31H,11-14,17H2,1H3,(H,32,36)(H,33,37). The molecule has 2 heterocycles. The molecule has 1 saturated heterocycles. The third-order valence-electron chi connectivity index (χ3n) is 6.51. The summed E-state index contributed by atoms with van der Waals surface area (Å²) in [5.41, 5.74) is 3.60. The lowest BCUT2D eigenvalue weighted by Gasteiger charge is -2.31. The Hall–Kier alpha value is -3.72. The Labute approximate surface area is 219 Å². The fourth-order valence-corrected chi connectivity index (χ4v) is 4.69. The minimum Gasteiger partial charge on any atom is -0.354 e. The van der Waals surface area contributed by atoms with Crippen LogP contribution < -0.4 is 16.0 Å². The van der Waals surface area contributed by atoms with Crippen LogP contribution in [0.5, 0.6) is 0 Å². The van der Waals surface area contributed by atoms with Crippen LogP contribution in [0.25, 0.3) is 11.3 Å². The van der Waals surface area contributed by atoms with Gasteiger partial charge in [-0.2, -0.15) is 0 Å². The Kier molecular flexibility index (Phi) is 7.23. The van der Waals surface area contributed by atoms with E-state index in [9.17, 15) is 9.59 Å². The maximum atomic E-state index is 15.0. The van der Waals surface area contributed by atoms with Gasteiger partial charge in [0.05, 0.1) is 29.2 Å². The molecule has 9 heteroatoms. The molecule has 0 saturated carbocycles. The van der Waals surface area contributed by atoms with E-state index in [1.165, 1.54) is 12.1 Å². The van der Waals surface area contributed by atoms with Crippen molar-refractivity contribution >= 4 is 51.7 Å². The first-order valence-corrected chi connectivity index (χ1v) is 12.4. The first kappa shape index (κ1) is 25.0. The highest BCUT2D eigenvalue weighted by Crippen LogP contribution is 2.39. The Bertz CT molecular complexity index is 1370. The molecule has 1 fully saturated rings. The molecule has 2 aliphatic heterocycles. The van der Waals surface area contributed by atoms with Gasteiger partial charge in [-0.15, -0.1) is 0 Å². The molecule has 2 amide bonds. The lowest BCUT2D eigenvalue weighted by molar-refractivity contribution is -0.117. The number of fused-ring (bicyclic) bond motifs is 1. The highest BCUT2D eigenvalue weighted by Gasteiger charge is 2.28. The third kappa shape index (κ3) is 5.67. The van der Waals surface area contributed by atoms with Crippen LogP contribution in [0.4, 0.5) is 21.5 Å². The number of amides is 2. The van der Waals surface area contributed by atoms with Gasteiger partial charge in [-0.3, -0.25) is 14.5 Å². The molecule has 0 aliphatic carbocycles. The number of carbonyl (C=O) groups is 2. The van der Waals surface area contributed by atoms with Gasteiger partial charge in [0.2, 0.25) is 5.91 Å². The average molecular weight is 520 g/mol. The summed E-state index contributed by atoms with van der Waals surface area (Å²) in [6.07, 6.45) is 0. The minimum absolute atomic E-state index is 0.109. The van der Waals surface area contributed by atoms with E-state index < -0.39 is 5.82 Å². The van der Waals surface area contributed by atoms with Crippen LogP contribution in [-0.4, -0.2) is 61.4 Å². The van der Waals surface area contributed by atoms with Crippen LogP contribution in [0.1, 0.15) is 11.1 Å². The number of benzene rings is 3. The second-order valence-electron chi connectivity index (χ2n) is 9.21. The number of carbonyl (C=O) groups excluding carboxylic acids is 2. The molecule has 7 nitrogen and oxygen atoms in total. The van der Waals surface area contributed by atoms with Crippen molar-refractivity contribution in [3.63, 3.8) is 0 Å². The predicted octanol–water partition coefficient (Wildman–Crippen LogP) is 4.60. The largest absolute Gasteiger partial charge is 0.354 e. The van der Waals surface area contributed by atoms with Crippen LogP contribution in [-0.2, 0) is 9.59 Å². The fraction of sp³-hybridized carbons (Fsp3) is 0.214. The van der Waals surface area contributed by atoms with Gasteiger partial charge >= 0.3 is 0 Å². The second-order valence-corrected chi connectivity index (χ2v) is 9.64. The number of nitrogens with one attached hydrogen (secondary N) is 3. The van der Waals surface area contributed by atoms with Crippen molar-refractivity contribution in [2.75, 3.05) is 55.7 Å². The van der Waals surface area contributed by atoms with Gasteiger partial charge in [-0.25, -0.2) is 4.39 Å². The number of piperazine rings is 1. The molecule has 0 unspecified atom stereocenters. The smallest absolute Gasteiger partial charge is 0.258 e. The molecule has 0 atom stereocenters. The van der Waals surface area contributed by atoms with Crippen LogP contribution in [0.3, 0.4) is 0 Å². The van der Waals surface area contributed by atoms with E-state index in [4.69, 9.17) is 11.6 Å². The topological polar surface area (TPSA) is 76.7 Å². The van der Waals surface area contributed by atoms with Crippen molar-refractivity contribution in [1.29, 1.82) is 0 Å². The molecule has 3 aromatic carbocycles. The average Bonchev–Trinajstić information content (AvgIpc) is 3.20. The maximum absolute atomic E-state index is 15.0. The molecule has 3 N–H and O–H groups in total. The molecule has 2 aliphatic rings. The number of halogens is 2. The Morgan fingerprint density at radius 1 is 1.00 bits per heavy atom. The molecule has 5 rings (SSSR count). The summed E-state index contributed by atoms with van der Waals surface area (Å²) in [6, 6.07) is 19.1. The normalized spacial score (nSPS) is 17.2. The second kappa shape index (κ2) is 10.7. The first-order chi connectivity index (χ1) is 17.9. The van der Waals surface area contributed by atoms with Crippen molar-refractivity contribution in [3.05, 3.63) is 88.7 Å². The highest BCUT2D eigenvalue weighted by atomic mass is 35.5. The van der Waals surface area contributed by atoms with Crippen LogP contribution in [0.2, 0.25) is 5.02 Å². The van der Waals surface area contributed by atoms with E-state index >= 15 is 4.39 Å². The number of likely N-dealkylation sites (N-methyl/N-ethyl adjacent to an activating group) is 1. The SMILES string of the molecule is CN1CCN(CC(=O)Nc2ccc(NC(=C3C(=O)Nc4cc(Cl)ccc43)c3ccccc3)cc2F)CC1. The summed E-state index contributed by atoms with van der Waals surface area (Å²) >= 11 is 6.11. The fourth-order valence-electron chi connectivity index (χ4n) is 4.51. The van der Waals surface area contributed by atoms with Crippen molar-refractivity contribution in [1.82, 2.24) is 9.80 Å². The van der Waals surface area contributed by atoms with Crippen LogP contribution in [0, 0.1) is 5.82 Å². The van der Waals surface area contributed by atoms with Gasteiger partial charge in [0.25, 0.3) is 5.91 Å². The van der Waals surface area contributed by atoms with E-state index in [1.54, 1.807) is 24.3 Å². The van der Waals surface area contributed by atoms with Crippen LogP contribution >= 0.6 is 11.6 Å². The molecule has 37 heavy (non-hydrogen) atoms. The van der Waals surface area contributed by atoms with Gasteiger partial charge < -0.3 is 20.9 Å². The molecular weight excluding hydrogens is 493 g/mol. The zero-order valence-electron chi connectivity index (χ0n) is 20.4. The predicted molar refractivity (Wildman–Crippen MR) is 146 cm³/mol. The number of hydrogen-bond acceptors (Lipinski definition) is 5. The number of hydrogen-bond donors (Lipinski definition) is 3. The van der Waals surface area contributed by atoms with Gasteiger partial charge in [0, 0.05) is 42.5 Å². The monoisotopic (exact) mass is 519 g/mol. The van der Waals surface area contributed by atoms with Crippen molar-refractivity contribution in [2.45, 2.75) is 0 Å². The van der Waals surface area contributed by atoms with Gasteiger partial charge in [-0.05, 0) is 42.9 Å². The molecule has 3 aromatic rings. The molecule has 0 radical (unpaired) electrons. The van der Waals surface area contributed by atoms with E-state index in [0.717, 1.165) is 31.7 Å². The summed E-state index contributed by atoms with van der Waals surface area (Å²) in [5, 5.41) is 9.28. The Morgan fingerprint density at radius 3 is 2.49 bits per heavy atom. The Balaban J connectivity index is 1.39. The summed E-state index contributed by atoms with van der Waals surface area (Å²) in [5.74, 6) is -1.11. The van der Waals surface area contributed by atoms with E-state index in [-0.39, 0.29) is 24.0 Å². The molecule has 0 aromatic heterocycles. The quantitative estimate of drug-likeness (QED) is 0.415. The zero-order chi connectivity index (χ0) is 25.9. The lowest BCUT2D eigenvalue weighted by Crippen LogP contribution is -2.47. The number of rotatable bonds is 6. The van der Waals surface area contributed by atoms with Crippen molar-refractivity contribution in [2.24, 2.45) is 0 Å². The summed E-state index contributed by atoms with van der Waals surface area (Å²) in [6.45, 7) is 3.62. The number of nitrogens with zero attached hydrogens (tertiary/aromatic N) is 2. The third-order valence-corrected chi connectivity index (χ3v) is 6.75. The molecule has 190 valence electrons. The van der Waals surface area contributed by atoms with E-state index in [1.807, 2.05) is 30.3 Å². The van der Waals surface area contributed by atoms with Gasteiger partial charge in [-0.1, -0.05) is 48.0 Å². The van der Waals surface area contributed by atoms with Crippen LogP contribution in [0.15, 0.2) is 66.7 Å². The summed E-state index contributed by atoms with van der Waals surface area (Å²) < 4.78 is 15.0. The van der Waals surface area contributed by atoms with Gasteiger partial charge in [0.15, 0.2) is 0 Å². The van der Waals surface area contributed by atoms with E-state index in [0.29, 0.717) is 33.2 Å². The maximum Gasteiger partial charge on any atom is 0.258 e. The van der Waals surface area contributed by atoms with Crippen molar-refractivity contribution < 1.29 is 14.0 Å². The first-order valence-electron chi connectivity index (χ1n) is 12.1. The molecule has 0 bridgehead atoms. The number of anilines is 3. The van der Waals surface area contributed by atoms with Crippen molar-refractivity contribution in [3.8, 4) is 0 Å². The minimum atomic E-state index is -0.572. The van der Waals surface area contributed by atoms with E-state index in [2.05, 4.69) is 32.8 Å².